The second-order valence-corrected chi connectivity index (χ2v) is 11.6. The first-order valence-corrected chi connectivity index (χ1v) is 12.0. The normalized spacial score (nSPS) is 45.2. The van der Waals surface area contributed by atoms with E-state index < -0.39 is 5.60 Å². The zero-order chi connectivity index (χ0) is 21.0. The van der Waals surface area contributed by atoms with Gasteiger partial charge >= 0.3 is 0 Å². The molecule has 164 valence electrons. The van der Waals surface area contributed by atoms with Crippen LogP contribution >= 0.6 is 0 Å². The van der Waals surface area contributed by atoms with Crippen molar-refractivity contribution in [1.82, 2.24) is 0 Å². The fourth-order valence-corrected chi connectivity index (χ4v) is 7.66. The van der Waals surface area contributed by atoms with Crippen LogP contribution in [-0.4, -0.2) is 34.6 Å². The van der Waals surface area contributed by atoms with Gasteiger partial charge in [-0.1, -0.05) is 37.6 Å². The lowest BCUT2D eigenvalue weighted by Crippen LogP contribution is -2.50. The summed E-state index contributed by atoms with van der Waals surface area (Å²) in [5, 5.41) is 20.1. The third kappa shape index (κ3) is 3.77. The van der Waals surface area contributed by atoms with Crippen molar-refractivity contribution in [3.8, 4) is 0 Å². The average molecular weight is 403 g/mol. The Kier molecular flexibility index (Phi) is 5.58. The minimum atomic E-state index is -0.650. The number of aliphatic hydroxyl groups excluding tert-OH is 1. The predicted octanol–water partition coefficient (Wildman–Crippen LogP) is 5.27. The van der Waals surface area contributed by atoms with Crippen LogP contribution in [0.4, 0.5) is 0 Å². The van der Waals surface area contributed by atoms with E-state index in [-0.39, 0.29) is 17.6 Å². The first-order chi connectivity index (χ1) is 13.5. The Morgan fingerprint density at radius 3 is 2.69 bits per heavy atom. The number of ether oxygens (including phenoxy) is 1. The monoisotopic (exact) mass is 402 g/mol. The smallest absolute Gasteiger partial charge is 0.0758 e. The molecule has 8 atom stereocenters. The zero-order valence-electron chi connectivity index (χ0n) is 19.2. The van der Waals surface area contributed by atoms with Crippen LogP contribution < -0.4 is 0 Å². The molecule has 0 radical (unpaired) electrons. The van der Waals surface area contributed by atoms with Crippen LogP contribution in [-0.2, 0) is 4.74 Å². The fourth-order valence-electron chi connectivity index (χ4n) is 7.66. The molecule has 2 N–H and O–H groups in total. The number of fused-ring (bicyclic) bond motifs is 5. The van der Waals surface area contributed by atoms with Gasteiger partial charge in [0, 0.05) is 12.0 Å². The second kappa shape index (κ2) is 7.50. The Morgan fingerprint density at radius 2 is 1.97 bits per heavy atom. The molecule has 0 saturated heterocycles. The lowest BCUT2D eigenvalue weighted by Gasteiger charge is -2.57. The fraction of sp³-hybridized carbons (Fsp3) is 0.846. The zero-order valence-corrected chi connectivity index (χ0v) is 19.2. The largest absolute Gasteiger partial charge is 0.390 e. The van der Waals surface area contributed by atoms with E-state index in [0.717, 1.165) is 24.2 Å². The van der Waals surface area contributed by atoms with Gasteiger partial charge in [0.2, 0.25) is 0 Å². The van der Waals surface area contributed by atoms with Crippen molar-refractivity contribution in [2.24, 2.45) is 34.5 Å². The van der Waals surface area contributed by atoms with Crippen molar-refractivity contribution in [3.05, 3.63) is 23.8 Å². The van der Waals surface area contributed by atoms with Crippen molar-refractivity contribution >= 4 is 0 Å². The summed E-state index contributed by atoms with van der Waals surface area (Å²) in [5.41, 5.74) is 1.35. The minimum absolute atomic E-state index is 0.149. The lowest BCUT2D eigenvalue weighted by molar-refractivity contribution is -0.0772. The molecule has 2 fully saturated rings. The van der Waals surface area contributed by atoms with Crippen LogP contribution in [0, 0.1) is 34.5 Å². The topological polar surface area (TPSA) is 49.7 Å². The molecule has 4 aliphatic carbocycles. The first kappa shape index (κ1) is 21.6. The van der Waals surface area contributed by atoms with Crippen LogP contribution in [0.3, 0.4) is 0 Å². The molecule has 0 aromatic heterocycles. The molecule has 0 aliphatic heterocycles. The molecular formula is C26H42O3. The molecule has 4 rings (SSSR count). The summed E-state index contributed by atoms with van der Waals surface area (Å²) in [6.45, 7) is 11.6. The van der Waals surface area contributed by atoms with Gasteiger partial charge in [0.1, 0.15) is 0 Å². The summed E-state index contributed by atoms with van der Waals surface area (Å²) in [4.78, 5) is 0. The number of allylic oxidation sites excluding steroid dienone is 2. The van der Waals surface area contributed by atoms with Crippen LogP contribution in [0.25, 0.3) is 0 Å². The van der Waals surface area contributed by atoms with Gasteiger partial charge in [-0.2, -0.15) is 0 Å². The van der Waals surface area contributed by atoms with Crippen molar-refractivity contribution < 1.29 is 14.9 Å². The lowest BCUT2D eigenvalue weighted by atomic mass is 9.48. The summed E-state index contributed by atoms with van der Waals surface area (Å²) in [5.74, 6) is 2.88. The molecule has 3 nitrogen and oxygen atoms in total. The van der Waals surface area contributed by atoms with E-state index in [0.29, 0.717) is 24.4 Å². The van der Waals surface area contributed by atoms with Gasteiger partial charge in [-0.15, -0.1) is 0 Å². The van der Waals surface area contributed by atoms with E-state index in [1.807, 2.05) is 19.9 Å². The highest BCUT2D eigenvalue weighted by molar-refractivity contribution is 5.32. The van der Waals surface area contributed by atoms with E-state index in [4.69, 9.17) is 4.74 Å². The molecule has 2 saturated carbocycles. The van der Waals surface area contributed by atoms with Crippen molar-refractivity contribution in [3.63, 3.8) is 0 Å². The van der Waals surface area contributed by atoms with Crippen molar-refractivity contribution in [2.45, 2.75) is 97.4 Å². The average Bonchev–Trinajstić information content (AvgIpc) is 2.98. The van der Waals surface area contributed by atoms with E-state index in [1.54, 1.807) is 0 Å². The molecule has 0 spiro atoms. The minimum Gasteiger partial charge on any atom is -0.390 e. The summed E-state index contributed by atoms with van der Waals surface area (Å²) >= 11 is 0. The highest BCUT2D eigenvalue weighted by atomic mass is 16.5. The maximum absolute atomic E-state index is 10.1. The second-order valence-electron chi connectivity index (χ2n) is 11.6. The van der Waals surface area contributed by atoms with Gasteiger partial charge in [-0.25, -0.2) is 0 Å². The summed E-state index contributed by atoms with van der Waals surface area (Å²) < 4.78 is 6.26. The Labute approximate surface area is 177 Å². The SMILES string of the molecule is C[C@H](OCCC(C)(C)O)[C@H]1CC[C@H]2[C@@H]3CC=C4C[C@@H](O)C=C[C@]4(C)[C@H]3CC[C@]12C. The standard InChI is InChI=1S/C26H42O3/c1-17(29-15-14-24(2,3)28)21-8-9-22-20-7-6-18-16-19(27)10-12-25(18,4)23(20)11-13-26(21,22)5/h6,10,12,17,19-23,27-28H,7-9,11,13-16H2,1-5H3/t17-,19-,20-,21+,22-,23-,25-,26+/m0/s1. The van der Waals surface area contributed by atoms with Gasteiger partial charge in [0.25, 0.3) is 0 Å². The Balaban J connectivity index is 1.48. The molecule has 3 heteroatoms. The number of aliphatic hydroxyl groups is 2. The van der Waals surface area contributed by atoms with Crippen LogP contribution in [0.1, 0.15) is 79.6 Å². The van der Waals surface area contributed by atoms with E-state index in [2.05, 4.69) is 32.9 Å². The molecular weight excluding hydrogens is 360 g/mol. The highest BCUT2D eigenvalue weighted by Gasteiger charge is 2.58. The number of rotatable bonds is 5. The Bertz CT molecular complexity index is 674. The summed E-state index contributed by atoms with van der Waals surface area (Å²) in [6.07, 6.45) is 14.7. The maximum Gasteiger partial charge on any atom is 0.0758 e. The van der Waals surface area contributed by atoms with Crippen LogP contribution in [0.2, 0.25) is 0 Å². The third-order valence-corrected chi connectivity index (χ3v) is 9.36. The summed E-state index contributed by atoms with van der Waals surface area (Å²) in [7, 11) is 0. The molecule has 0 bridgehead atoms. The predicted molar refractivity (Wildman–Crippen MR) is 117 cm³/mol. The Morgan fingerprint density at radius 1 is 1.21 bits per heavy atom. The molecule has 29 heavy (non-hydrogen) atoms. The molecule has 0 heterocycles. The van der Waals surface area contributed by atoms with Crippen LogP contribution in [0.15, 0.2) is 23.8 Å². The first-order valence-electron chi connectivity index (χ1n) is 12.0. The van der Waals surface area contributed by atoms with E-state index >= 15 is 0 Å². The third-order valence-electron chi connectivity index (χ3n) is 9.36. The number of hydrogen-bond acceptors (Lipinski definition) is 3. The van der Waals surface area contributed by atoms with Crippen molar-refractivity contribution in [2.75, 3.05) is 6.61 Å². The van der Waals surface area contributed by atoms with E-state index in [1.165, 1.54) is 37.7 Å². The van der Waals surface area contributed by atoms with Gasteiger partial charge in [-0.3, -0.25) is 0 Å². The van der Waals surface area contributed by atoms with Crippen LogP contribution in [0.5, 0.6) is 0 Å². The van der Waals surface area contributed by atoms with Gasteiger partial charge in [-0.05, 0) is 94.8 Å². The van der Waals surface area contributed by atoms with Gasteiger partial charge in [0.05, 0.1) is 17.8 Å². The maximum atomic E-state index is 10.1. The molecule has 4 aliphatic rings. The van der Waals surface area contributed by atoms with Gasteiger partial charge in [0.15, 0.2) is 0 Å². The molecule has 0 unspecified atom stereocenters. The highest BCUT2D eigenvalue weighted by Crippen LogP contribution is 2.66. The van der Waals surface area contributed by atoms with E-state index in [9.17, 15) is 10.2 Å². The Hall–Kier alpha value is -0.640. The number of hydrogen-bond donors (Lipinski definition) is 2. The van der Waals surface area contributed by atoms with Gasteiger partial charge < -0.3 is 14.9 Å². The summed E-state index contributed by atoms with van der Waals surface area (Å²) in [6, 6.07) is 0. The molecule has 0 amide bonds. The molecule has 0 aromatic carbocycles. The van der Waals surface area contributed by atoms with Crippen molar-refractivity contribution in [1.29, 1.82) is 0 Å². The quantitative estimate of drug-likeness (QED) is 0.616. The molecule has 0 aromatic rings.